The molecule has 2 N–H and O–H groups in total. The average molecular weight is 336 g/mol. The van der Waals surface area contributed by atoms with E-state index in [0.717, 1.165) is 50.0 Å². The third-order valence-electron chi connectivity index (χ3n) is 2.54. The van der Waals surface area contributed by atoms with E-state index in [1.54, 1.807) is 3.71 Å². The molecule has 0 aromatic heterocycles. The van der Waals surface area contributed by atoms with E-state index in [-0.39, 0.29) is 12.1 Å². The predicted molar refractivity (Wildman–Crippen MR) is 93.7 cm³/mol. The van der Waals surface area contributed by atoms with Crippen LogP contribution >= 0.6 is 23.9 Å². The van der Waals surface area contributed by atoms with Crippen LogP contribution in [-0.4, -0.2) is 33.9 Å². The topological polar surface area (TPSA) is 65.4 Å². The van der Waals surface area contributed by atoms with Gasteiger partial charge in [-0.2, -0.15) is 0 Å². The first kappa shape index (κ1) is 20.4. The van der Waals surface area contributed by atoms with E-state index in [2.05, 4.69) is 26.1 Å². The van der Waals surface area contributed by atoms with Crippen LogP contribution in [0.2, 0.25) is 0 Å². The lowest BCUT2D eigenvalue weighted by atomic mass is 10.4. The second-order valence-electron chi connectivity index (χ2n) is 4.59. The van der Waals surface area contributed by atoms with E-state index >= 15 is 0 Å². The Hall–Kier alpha value is -0.560. The Kier molecular flexibility index (Phi) is 14.0. The highest BCUT2D eigenvalue weighted by Crippen LogP contribution is 2.24. The average Bonchev–Trinajstić information content (AvgIpc) is 2.46. The van der Waals surface area contributed by atoms with Crippen LogP contribution in [-0.2, 0) is 4.74 Å². The van der Waals surface area contributed by atoms with Gasteiger partial charge in [-0.1, -0.05) is 40.0 Å². The zero-order chi connectivity index (χ0) is 15.9. The minimum atomic E-state index is -0.279. The van der Waals surface area contributed by atoms with Gasteiger partial charge in [0, 0.05) is 11.5 Å². The van der Waals surface area contributed by atoms with Crippen molar-refractivity contribution in [3.8, 4) is 0 Å². The molecule has 0 saturated heterocycles. The number of carbonyl (C=O) groups excluding carboxylic acids is 1. The third kappa shape index (κ3) is 11.7. The molecular weight excluding hydrogens is 306 g/mol. The zero-order valence-electron chi connectivity index (χ0n) is 13.4. The molecule has 0 radical (unpaired) electrons. The SMILES string of the molecule is CCCCOC(=N)NC(=O)N(SCCCC)SCCCC. The number of nitrogens with zero attached hydrogens (tertiary/aromatic N) is 1. The maximum atomic E-state index is 12.1. The minimum absolute atomic E-state index is 0.161. The van der Waals surface area contributed by atoms with Gasteiger partial charge in [0.25, 0.3) is 6.02 Å². The smallest absolute Gasteiger partial charge is 0.345 e. The van der Waals surface area contributed by atoms with E-state index in [1.807, 2.05) is 0 Å². The van der Waals surface area contributed by atoms with Gasteiger partial charge in [-0.15, -0.1) is 0 Å². The lowest BCUT2D eigenvalue weighted by Gasteiger charge is -2.20. The molecule has 0 atom stereocenters. The Morgan fingerprint density at radius 3 is 2.05 bits per heavy atom. The highest BCUT2D eigenvalue weighted by Gasteiger charge is 2.16. The van der Waals surface area contributed by atoms with Gasteiger partial charge in [-0.3, -0.25) is 10.7 Å². The number of hydrogen-bond acceptors (Lipinski definition) is 5. The molecule has 2 amide bonds. The number of amides is 2. The fourth-order valence-corrected chi connectivity index (χ4v) is 3.47. The van der Waals surface area contributed by atoms with Crippen LogP contribution in [0.5, 0.6) is 0 Å². The normalized spacial score (nSPS) is 10.2. The Balaban J connectivity index is 4.17. The Morgan fingerprint density at radius 1 is 1.05 bits per heavy atom. The summed E-state index contributed by atoms with van der Waals surface area (Å²) in [6.07, 6.45) is 6.27. The van der Waals surface area contributed by atoms with E-state index in [9.17, 15) is 4.79 Å². The van der Waals surface area contributed by atoms with Crippen molar-refractivity contribution >= 4 is 35.9 Å². The third-order valence-corrected chi connectivity index (χ3v) is 4.92. The molecular formula is C14H29N3O2S2. The van der Waals surface area contributed by atoms with Crippen molar-refractivity contribution in [2.45, 2.75) is 59.3 Å². The standard InChI is InChI=1S/C14H29N3O2S2/c1-4-7-10-19-13(15)16-14(18)17(20-11-8-5-2)21-12-9-6-3/h4-12H2,1-3H3,(H2,15,16,18). The van der Waals surface area contributed by atoms with Crippen molar-refractivity contribution in [3.63, 3.8) is 0 Å². The van der Waals surface area contributed by atoms with E-state index in [1.165, 1.54) is 23.9 Å². The Labute approximate surface area is 137 Å². The van der Waals surface area contributed by atoms with Crippen molar-refractivity contribution in [1.82, 2.24) is 9.03 Å². The number of ether oxygens (including phenoxy) is 1. The lowest BCUT2D eigenvalue weighted by molar-refractivity contribution is 0.235. The second kappa shape index (κ2) is 14.4. The van der Waals surface area contributed by atoms with Gasteiger partial charge in [0.05, 0.1) is 6.61 Å². The monoisotopic (exact) mass is 335 g/mol. The van der Waals surface area contributed by atoms with Crippen molar-refractivity contribution in [3.05, 3.63) is 0 Å². The predicted octanol–water partition coefficient (Wildman–Crippen LogP) is 4.65. The Bertz CT molecular complexity index is 281. The summed E-state index contributed by atoms with van der Waals surface area (Å²) in [5.74, 6) is 1.82. The van der Waals surface area contributed by atoms with Crippen LogP contribution in [0.4, 0.5) is 4.79 Å². The molecule has 0 unspecified atom stereocenters. The van der Waals surface area contributed by atoms with Crippen LogP contribution < -0.4 is 5.32 Å². The molecule has 0 aliphatic rings. The highest BCUT2D eigenvalue weighted by molar-refractivity contribution is 8.12. The van der Waals surface area contributed by atoms with Gasteiger partial charge in [-0.05, 0) is 43.2 Å². The molecule has 0 aromatic rings. The van der Waals surface area contributed by atoms with Crippen molar-refractivity contribution < 1.29 is 9.53 Å². The molecule has 0 heterocycles. The summed E-state index contributed by atoms with van der Waals surface area (Å²) in [4.78, 5) is 12.1. The van der Waals surface area contributed by atoms with Crippen LogP contribution in [0.15, 0.2) is 0 Å². The molecule has 0 aliphatic carbocycles. The van der Waals surface area contributed by atoms with E-state index in [0.29, 0.717) is 6.61 Å². The molecule has 0 aliphatic heterocycles. The van der Waals surface area contributed by atoms with Crippen LogP contribution in [0, 0.1) is 5.41 Å². The summed E-state index contributed by atoms with van der Waals surface area (Å²) < 4.78 is 6.80. The van der Waals surface area contributed by atoms with Gasteiger partial charge in [-0.25, -0.2) is 8.51 Å². The maximum absolute atomic E-state index is 12.1. The number of rotatable bonds is 11. The maximum Gasteiger partial charge on any atom is 0.345 e. The molecule has 5 nitrogen and oxygen atoms in total. The van der Waals surface area contributed by atoms with E-state index < -0.39 is 0 Å². The summed E-state index contributed by atoms with van der Waals surface area (Å²) in [6, 6.07) is -0.440. The minimum Gasteiger partial charge on any atom is -0.465 e. The first-order chi connectivity index (χ1) is 10.2. The summed E-state index contributed by atoms with van der Waals surface area (Å²) in [6.45, 7) is 6.79. The van der Waals surface area contributed by atoms with Gasteiger partial charge < -0.3 is 4.74 Å². The van der Waals surface area contributed by atoms with Gasteiger partial charge in [0.1, 0.15) is 0 Å². The number of hydrogen-bond donors (Lipinski definition) is 2. The fraction of sp³-hybridized carbons (Fsp3) is 0.857. The van der Waals surface area contributed by atoms with Crippen molar-refractivity contribution in [1.29, 1.82) is 5.41 Å². The molecule has 0 rings (SSSR count). The summed E-state index contributed by atoms with van der Waals surface area (Å²) in [7, 11) is 0. The van der Waals surface area contributed by atoms with Crippen LogP contribution in [0.3, 0.4) is 0 Å². The van der Waals surface area contributed by atoms with E-state index in [4.69, 9.17) is 10.1 Å². The number of carbonyl (C=O) groups is 1. The quantitative estimate of drug-likeness (QED) is 0.250. The summed E-state index contributed by atoms with van der Waals surface area (Å²) >= 11 is 3.01. The molecule has 0 fully saturated rings. The van der Waals surface area contributed by atoms with Gasteiger partial charge in [0.15, 0.2) is 0 Å². The van der Waals surface area contributed by atoms with Crippen LogP contribution in [0.25, 0.3) is 0 Å². The molecule has 0 bridgehead atoms. The number of unbranched alkanes of at least 4 members (excludes halogenated alkanes) is 3. The number of amidine groups is 1. The molecule has 0 saturated carbocycles. The van der Waals surface area contributed by atoms with Crippen LogP contribution in [0.1, 0.15) is 59.3 Å². The number of urea groups is 1. The molecule has 21 heavy (non-hydrogen) atoms. The fourth-order valence-electron chi connectivity index (χ4n) is 1.24. The number of nitrogens with one attached hydrogen (secondary N) is 2. The van der Waals surface area contributed by atoms with Gasteiger partial charge in [0.2, 0.25) is 0 Å². The second-order valence-corrected chi connectivity index (χ2v) is 6.89. The first-order valence-electron chi connectivity index (χ1n) is 7.73. The summed E-state index contributed by atoms with van der Waals surface area (Å²) in [5.41, 5.74) is 0. The molecule has 0 aromatic carbocycles. The largest absolute Gasteiger partial charge is 0.465 e. The highest BCUT2D eigenvalue weighted by atomic mass is 32.2. The molecule has 7 heteroatoms. The molecule has 0 spiro atoms. The van der Waals surface area contributed by atoms with Crippen molar-refractivity contribution in [2.75, 3.05) is 18.1 Å². The molecule has 124 valence electrons. The van der Waals surface area contributed by atoms with Gasteiger partial charge >= 0.3 is 6.03 Å². The lowest BCUT2D eigenvalue weighted by Crippen LogP contribution is -2.37. The zero-order valence-corrected chi connectivity index (χ0v) is 15.1. The summed E-state index contributed by atoms with van der Waals surface area (Å²) in [5, 5.41) is 10.1. The first-order valence-corrected chi connectivity index (χ1v) is 9.62. The van der Waals surface area contributed by atoms with Crippen molar-refractivity contribution in [2.24, 2.45) is 0 Å². The Morgan fingerprint density at radius 2 is 1.57 bits per heavy atom.